The van der Waals surface area contributed by atoms with E-state index in [0.29, 0.717) is 0 Å². The molecule has 0 aliphatic carbocycles. The summed E-state index contributed by atoms with van der Waals surface area (Å²) in [6.07, 6.45) is 1.61. The van der Waals surface area contributed by atoms with E-state index < -0.39 is 0 Å². The Kier molecular flexibility index (Phi) is 3.24. The summed E-state index contributed by atoms with van der Waals surface area (Å²) in [5.74, 6) is -0.105. The minimum atomic E-state index is -0.105. The van der Waals surface area contributed by atoms with Crippen LogP contribution < -0.4 is 0 Å². The van der Waals surface area contributed by atoms with Gasteiger partial charge in [0.1, 0.15) is 5.82 Å². The zero-order valence-corrected chi connectivity index (χ0v) is 8.23. The van der Waals surface area contributed by atoms with E-state index in [-0.39, 0.29) is 5.82 Å². The first kappa shape index (κ1) is 9.97. The lowest BCUT2D eigenvalue weighted by molar-refractivity contribution is 0.608. The molecule has 0 bridgehead atoms. The van der Waals surface area contributed by atoms with Gasteiger partial charge in [0.05, 0.1) is 0 Å². The molecule has 1 aromatic rings. The molecule has 1 aromatic carbocycles. The highest BCUT2D eigenvalue weighted by molar-refractivity contribution is 5.24. The van der Waals surface area contributed by atoms with Crippen LogP contribution in [0, 0.1) is 12.7 Å². The number of hydrogen-bond acceptors (Lipinski definition) is 0. The van der Waals surface area contributed by atoms with Crippen LogP contribution >= 0.6 is 0 Å². The first-order valence-corrected chi connectivity index (χ1v) is 4.49. The third-order valence-electron chi connectivity index (χ3n) is 2.02. The van der Waals surface area contributed by atoms with Crippen molar-refractivity contribution in [2.45, 2.75) is 26.7 Å². The number of benzene rings is 1. The average Bonchev–Trinajstić information content (AvgIpc) is 2.06. The van der Waals surface area contributed by atoms with Crippen molar-refractivity contribution in [2.75, 3.05) is 0 Å². The molecule has 70 valence electrons. The molecule has 0 saturated carbocycles. The fourth-order valence-electron chi connectivity index (χ4n) is 1.24. The molecule has 0 aliphatic heterocycles. The van der Waals surface area contributed by atoms with Gasteiger partial charge in [-0.1, -0.05) is 23.3 Å². The first-order chi connectivity index (χ1) is 6.09. The molecule has 0 spiro atoms. The van der Waals surface area contributed by atoms with Gasteiger partial charge in [-0.05, 0) is 38.3 Å². The topological polar surface area (TPSA) is 0 Å². The number of rotatable bonds is 3. The minimum Gasteiger partial charge on any atom is -0.207 e. The molecule has 0 fully saturated rings. The van der Waals surface area contributed by atoms with Crippen LogP contribution in [0.5, 0.6) is 0 Å². The van der Waals surface area contributed by atoms with E-state index >= 15 is 0 Å². The number of hydrogen-bond donors (Lipinski definition) is 0. The fraction of sp³-hybridized carbons (Fsp3) is 0.333. The summed E-state index contributed by atoms with van der Waals surface area (Å²) < 4.78 is 13.2. The van der Waals surface area contributed by atoms with E-state index in [1.165, 1.54) is 6.07 Å². The molecule has 0 N–H and O–H groups in total. The summed E-state index contributed by atoms with van der Waals surface area (Å²) in [5, 5.41) is 0. The SMILES string of the molecule is C=C(C)CCc1cc(C)ccc1F. The van der Waals surface area contributed by atoms with E-state index in [0.717, 1.165) is 29.5 Å². The van der Waals surface area contributed by atoms with Crippen molar-refractivity contribution in [3.63, 3.8) is 0 Å². The predicted octanol–water partition coefficient (Wildman–Crippen LogP) is 3.64. The molecule has 0 aromatic heterocycles. The number of aryl methyl sites for hydroxylation is 2. The second-order valence-electron chi connectivity index (χ2n) is 3.55. The lowest BCUT2D eigenvalue weighted by atomic mass is 10.0. The third-order valence-corrected chi connectivity index (χ3v) is 2.02. The highest BCUT2D eigenvalue weighted by Gasteiger charge is 2.01. The van der Waals surface area contributed by atoms with E-state index in [9.17, 15) is 4.39 Å². The Labute approximate surface area is 79.1 Å². The van der Waals surface area contributed by atoms with Crippen molar-refractivity contribution in [3.8, 4) is 0 Å². The molecule has 1 heteroatoms. The molecule has 0 atom stereocenters. The molecular weight excluding hydrogens is 163 g/mol. The van der Waals surface area contributed by atoms with Gasteiger partial charge in [-0.25, -0.2) is 4.39 Å². The monoisotopic (exact) mass is 178 g/mol. The molecule has 0 aliphatic rings. The zero-order valence-electron chi connectivity index (χ0n) is 8.23. The third kappa shape index (κ3) is 3.02. The van der Waals surface area contributed by atoms with E-state index in [1.807, 2.05) is 19.9 Å². The second kappa shape index (κ2) is 4.22. The summed E-state index contributed by atoms with van der Waals surface area (Å²) >= 11 is 0. The Morgan fingerprint density at radius 1 is 1.46 bits per heavy atom. The van der Waals surface area contributed by atoms with Crippen LogP contribution in [0.15, 0.2) is 30.4 Å². The molecule has 0 saturated heterocycles. The van der Waals surface area contributed by atoms with Gasteiger partial charge in [0, 0.05) is 0 Å². The summed E-state index contributed by atoms with van der Waals surface area (Å²) in [5.41, 5.74) is 3.00. The highest BCUT2D eigenvalue weighted by Crippen LogP contribution is 2.13. The van der Waals surface area contributed by atoms with Gasteiger partial charge in [-0.15, -0.1) is 6.58 Å². The summed E-state index contributed by atoms with van der Waals surface area (Å²) in [6, 6.07) is 5.22. The second-order valence-corrected chi connectivity index (χ2v) is 3.55. The number of halogens is 1. The Balaban J connectivity index is 2.75. The molecular formula is C12H15F. The standard InChI is InChI=1S/C12H15F/c1-9(2)4-6-11-8-10(3)5-7-12(11)13/h5,7-8H,1,4,6H2,2-3H3. The maximum atomic E-state index is 13.2. The molecule has 13 heavy (non-hydrogen) atoms. The van der Waals surface area contributed by atoms with Crippen LogP contribution in [0.25, 0.3) is 0 Å². The molecule has 0 heterocycles. The Morgan fingerprint density at radius 3 is 2.77 bits per heavy atom. The lowest BCUT2D eigenvalue weighted by Crippen LogP contribution is -1.92. The van der Waals surface area contributed by atoms with Crippen LogP contribution in [-0.4, -0.2) is 0 Å². The quantitative estimate of drug-likeness (QED) is 0.620. The van der Waals surface area contributed by atoms with Gasteiger partial charge >= 0.3 is 0 Å². The molecule has 0 amide bonds. The van der Waals surface area contributed by atoms with Crippen molar-refractivity contribution >= 4 is 0 Å². The predicted molar refractivity (Wildman–Crippen MR) is 54.3 cm³/mol. The largest absolute Gasteiger partial charge is 0.207 e. The molecule has 1 rings (SSSR count). The average molecular weight is 178 g/mol. The molecule has 0 nitrogen and oxygen atoms in total. The van der Waals surface area contributed by atoms with Crippen LogP contribution in [-0.2, 0) is 6.42 Å². The minimum absolute atomic E-state index is 0.105. The Hall–Kier alpha value is -1.11. The van der Waals surface area contributed by atoms with Gasteiger partial charge in [-0.3, -0.25) is 0 Å². The van der Waals surface area contributed by atoms with Gasteiger partial charge in [0.15, 0.2) is 0 Å². The maximum Gasteiger partial charge on any atom is 0.126 e. The van der Waals surface area contributed by atoms with Crippen molar-refractivity contribution in [1.29, 1.82) is 0 Å². The molecule has 0 unspecified atom stereocenters. The van der Waals surface area contributed by atoms with Crippen LogP contribution in [0.2, 0.25) is 0 Å². The van der Waals surface area contributed by atoms with Crippen LogP contribution in [0.4, 0.5) is 4.39 Å². The maximum absolute atomic E-state index is 13.2. The van der Waals surface area contributed by atoms with Crippen LogP contribution in [0.1, 0.15) is 24.5 Å². The van der Waals surface area contributed by atoms with Gasteiger partial charge in [-0.2, -0.15) is 0 Å². The van der Waals surface area contributed by atoms with Crippen molar-refractivity contribution in [3.05, 3.63) is 47.3 Å². The van der Waals surface area contributed by atoms with Gasteiger partial charge < -0.3 is 0 Å². The normalized spacial score (nSPS) is 10.1. The Bertz CT molecular complexity index is 313. The fourth-order valence-corrected chi connectivity index (χ4v) is 1.24. The Morgan fingerprint density at radius 2 is 2.15 bits per heavy atom. The van der Waals surface area contributed by atoms with Gasteiger partial charge in [0.2, 0.25) is 0 Å². The van der Waals surface area contributed by atoms with Crippen molar-refractivity contribution < 1.29 is 4.39 Å². The number of allylic oxidation sites excluding steroid dienone is 1. The van der Waals surface area contributed by atoms with Crippen molar-refractivity contribution in [1.82, 2.24) is 0 Å². The summed E-state index contributed by atoms with van der Waals surface area (Å²) in [7, 11) is 0. The van der Waals surface area contributed by atoms with Crippen molar-refractivity contribution in [2.24, 2.45) is 0 Å². The smallest absolute Gasteiger partial charge is 0.126 e. The van der Waals surface area contributed by atoms with Gasteiger partial charge in [0.25, 0.3) is 0 Å². The lowest BCUT2D eigenvalue weighted by Gasteiger charge is -2.03. The van der Waals surface area contributed by atoms with E-state index in [2.05, 4.69) is 6.58 Å². The van der Waals surface area contributed by atoms with Crippen LogP contribution in [0.3, 0.4) is 0 Å². The van der Waals surface area contributed by atoms with E-state index in [1.54, 1.807) is 6.07 Å². The van der Waals surface area contributed by atoms with E-state index in [4.69, 9.17) is 0 Å². The summed E-state index contributed by atoms with van der Waals surface area (Å²) in [4.78, 5) is 0. The summed E-state index contributed by atoms with van der Waals surface area (Å²) in [6.45, 7) is 7.74. The molecule has 0 radical (unpaired) electrons. The zero-order chi connectivity index (χ0) is 9.84. The highest BCUT2D eigenvalue weighted by atomic mass is 19.1. The first-order valence-electron chi connectivity index (χ1n) is 4.49.